The number of hydrogen-bond acceptors (Lipinski definition) is 10. The third-order valence-corrected chi connectivity index (χ3v) is 8.31. The summed E-state index contributed by atoms with van der Waals surface area (Å²) in [5.74, 6) is -2.56. The second-order valence-corrected chi connectivity index (χ2v) is 12.4. The molecule has 1 heterocycles. The highest BCUT2D eigenvalue weighted by atomic mass is 19.4. The van der Waals surface area contributed by atoms with Gasteiger partial charge in [0.05, 0.1) is 52.1 Å². The quantitative estimate of drug-likeness (QED) is 0.195. The number of urea groups is 1. The van der Waals surface area contributed by atoms with E-state index in [1.165, 1.54) is 17.0 Å². The van der Waals surface area contributed by atoms with Crippen molar-refractivity contribution in [3.8, 4) is 17.2 Å². The van der Waals surface area contributed by atoms with E-state index in [1.54, 1.807) is 57.5 Å². The molecule has 52 heavy (non-hydrogen) atoms. The predicted octanol–water partition coefficient (Wildman–Crippen LogP) is 3.62. The molecule has 3 aromatic rings. The molecule has 1 saturated heterocycles. The summed E-state index contributed by atoms with van der Waals surface area (Å²) < 4.78 is 48.1. The number of imide groups is 1. The highest BCUT2D eigenvalue weighted by molar-refractivity contribution is 6.03. The highest BCUT2D eigenvalue weighted by Gasteiger charge is 2.41. The van der Waals surface area contributed by atoms with E-state index in [0.29, 0.717) is 46.7 Å². The Morgan fingerprint density at radius 1 is 1.00 bits per heavy atom. The fourth-order valence-corrected chi connectivity index (χ4v) is 5.86. The number of carbonyl (C=O) groups is 4. The van der Waals surface area contributed by atoms with Crippen LogP contribution >= 0.6 is 0 Å². The number of amides is 3. The summed E-state index contributed by atoms with van der Waals surface area (Å²) in [6.45, 7) is 4.04. The molecule has 4 N–H and O–H groups in total. The molecule has 4 rings (SSSR count). The Hall–Kier alpha value is -5.35. The van der Waals surface area contributed by atoms with Crippen LogP contribution in [0.1, 0.15) is 41.3 Å². The Morgan fingerprint density at radius 3 is 2.15 bits per heavy atom. The number of hydrogen-bond donors (Lipinski definition) is 3. The van der Waals surface area contributed by atoms with Crippen LogP contribution in [-0.2, 0) is 27.3 Å². The van der Waals surface area contributed by atoms with Gasteiger partial charge < -0.3 is 44.8 Å². The molecule has 0 aliphatic carbocycles. The van der Waals surface area contributed by atoms with Gasteiger partial charge in [-0.3, -0.25) is 9.69 Å². The van der Waals surface area contributed by atoms with Gasteiger partial charge >= 0.3 is 18.2 Å². The number of quaternary nitrogens is 1. The summed E-state index contributed by atoms with van der Waals surface area (Å²) in [7, 11) is 5.31. The van der Waals surface area contributed by atoms with Crippen LogP contribution in [0, 0.1) is 0 Å². The van der Waals surface area contributed by atoms with Gasteiger partial charge in [0.15, 0.2) is 11.5 Å². The Morgan fingerprint density at radius 2 is 1.60 bits per heavy atom. The van der Waals surface area contributed by atoms with Crippen molar-refractivity contribution in [2.24, 2.45) is 5.73 Å². The number of halogens is 3. The molecule has 2 unspecified atom stereocenters. The second-order valence-electron chi connectivity index (χ2n) is 12.4. The first kappa shape index (κ1) is 41.1. The zero-order chi connectivity index (χ0) is 38.6. The maximum Gasteiger partial charge on any atom is 0.430 e. The number of methoxy groups -OCH3 is 2. The smallest absolute Gasteiger partial charge is 0.430 e. The zero-order valence-corrected chi connectivity index (χ0v) is 29.3. The number of carbonyl (C=O) groups excluding carboxylic acids is 4. The number of nitrogens with two attached hydrogens (primary N) is 1. The van der Waals surface area contributed by atoms with Crippen LogP contribution < -0.4 is 25.6 Å². The fraction of sp³-hybridized carbons (Fsp3) is 0.389. The fourth-order valence-electron chi connectivity index (χ4n) is 5.86. The van der Waals surface area contributed by atoms with Gasteiger partial charge in [0.2, 0.25) is 5.91 Å². The van der Waals surface area contributed by atoms with Crippen molar-refractivity contribution in [2.75, 3.05) is 46.3 Å². The van der Waals surface area contributed by atoms with Crippen molar-refractivity contribution in [2.45, 2.75) is 51.0 Å². The van der Waals surface area contributed by atoms with E-state index >= 15 is 0 Å². The number of anilines is 1. The van der Waals surface area contributed by atoms with E-state index in [2.05, 4.69) is 12.4 Å². The van der Waals surface area contributed by atoms with Crippen LogP contribution in [0.25, 0.3) is 0 Å². The number of phenols is 1. The summed E-state index contributed by atoms with van der Waals surface area (Å²) in [6, 6.07) is 16.6. The Labute approximate surface area is 299 Å². The molecule has 3 atom stereocenters. The lowest BCUT2D eigenvalue weighted by molar-refractivity contribution is -0.928. The number of esters is 1. The minimum Gasteiger partial charge on any atom is -0.542 e. The lowest BCUT2D eigenvalue weighted by Gasteiger charge is -2.44. The standard InChI is InChI=1S/C34H42N4O7.C2HF3O2/c1-5-45-33(41)25-11-13-26(14-12-25)36-34(42)37(32(40)29(35)19-23-8-15-28(39)16-9-23)27-7-6-18-38(2,22-27)21-24-10-17-30(43-3)31(20-24)44-4;3-2(4,5)1(6)7/h8-17,20,27,29H,5-7,18-19,21-22,35H2,1-4H3,(H-,36,39,41,42);(H,6,7)/t27?,29-,38?;/m0./s1. The van der Waals surface area contributed by atoms with E-state index in [1.807, 2.05) is 18.2 Å². The number of phenolic OH excluding ortho intramolecular Hbond substituents is 1. The summed E-state index contributed by atoms with van der Waals surface area (Å²) in [5.41, 5.74) is 9.04. The molecule has 282 valence electrons. The number of ether oxygens (including phenoxy) is 3. The van der Waals surface area contributed by atoms with Gasteiger partial charge in [0, 0.05) is 11.3 Å². The molecule has 1 aliphatic heterocycles. The van der Waals surface area contributed by atoms with E-state index in [4.69, 9.17) is 29.8 Å². The van der Waals surface area contributed by atoms with E-state index < -0.39 is 42.1 Å². The predicted molar refractivity (Wildman–Crippen MR) is 181 cm³/mol. The largest absolute Gasteiger partial charge is 0.542 e. The minimum atomic E-state index is -5.19. The van der Waals surface area contributed by atoms with Crippen molar-refractivity contribution in [1.82, 2.24) is 4.90 Å². The second kappa shape index (κ2) is 18.2. The van der Waals surface area contributed by atoms with Crippen LogP contribution in [0.4, 0.5) is 23.7 Å². The average molecular weight is 733 g/mol. The SMILES string of the molecule is CCOC(=O)c1ccc(NC(=O)N(C(=O)[C@@H](N)Cc2ccc(O)cc2)C2CCC[N+](C)(Cc3ccc(OC)c(OC)c3)C2)cc1.O=C([O-])C(F)(F)F. The number of aromatic hydroxyl groups is 1. The summed E-state index contributed by atoms with van der Waals surface area (Å²) in [4.78, 5) is 50.0. The van der Waals surface area contributed by atoms with Crippen LogP contribution in [0.15, 0.2) is 66.7 Å². The van der Waals surface area contributed by atoms with E-state index in [0.717, 1.165) is 24.1 Å². The number of likely N-dealkylation sites (tertiary alicyclic amines) is 1. The van der Waals surface area contributed by atoms with Crippen molar-refractivity contribution in [1.29, 1.82) is 0 Å². The maximum atomic E-state index is 14.0. The number of carboxylic acids is 1. The lowest BCUT2D eigenvalue weighted by Crippen LogP contribution is -2.62. The topological polar surface area (TPSA) is 181 Å². The summed E-state index contributed by atoms with van der Waals surface area (Å²) in [5, 5.41) is 21.3. The first-order valence-electron chi connectivity index (χ1n) is 16.3. The number of carboxylic acid groups (broad SMARTS) is 1. The van der Waals surface area contributed by atoms with Crippen molar-refractivity contribution in [3.05, 3.63) is 83.4 Å². The van der Waals surface area contributed by atoms with Gasteiger partial charge in [-0.05, 0) is 86.3 Å². The van der Waals surface area contributed by atoms with Gasteiger partial charge in [0.1, 0.15) is 24.8 Å². The van der Waals surface area contributed by atoms with Crippen LogP contribution in [0.3, 0.4) is 0 Å². The number of nitrogens with zero attached hydrogens (tertiary/aromatic N) is 2. The molecular formula is C36H43F3N4O9. The highest BCUT2D eigenvalue weighted by Crippen LogP contribution is 2.31. The Bertz CT molecular complexity index is 1690. The van der Waals surface area contributed by atoms with Gasteiger partial charge in [-0.25, -0.2) is 9.59 Å². The van der Waals surface area contributed by atoms with Crippen molar-refractivity contribution < 1.29 is 61.3 Å². The van der Waals surface area contributed by atoms with E-state index in [9.17, 15) is 32.7 Å². The number of rotatable bonds is 11. The third kappa shape index (κ3) is 11.6. The molecule has 16 heteroatoms. The van der Waals surface area contributed by atoms with Crippen LogP contribution in [0.5, 0.6) is 17.2 Å². The minimum absolute atomic E-state index is 0.113. The molecule has 0 bridgehead atoms. The van der Waals surface area contributed by atoms with Crippen LogP contribution in [-0.4, -0.2) is 97.6 Å². The first-order valence-corrected chi connectivity index (χ1v) is 16.3. The van der Waals surface area contributed by atoms with Crippen molar-refractivity contribution >= 4 is 29.6 Å². The molecule has 0 spiro atoms. The first-order chi connectivity index (χ1) is 24.5. The molecule has 0 saturated carbocycles. The maximum absolute atomic E-state index is 14.0. The van der Waals surface area contributed by atoms with Crippen LogP contribution in [0.2, 0.25) is 0 Å². The van der Waals surface area contributed by atoms with Gasteiger partial charge in [-0.1, -0.05) is 12.1 Å². The number of alkyl halides is 3. The Balaban J connectivity index is 0.000000944. The molecule has 1 fully saturated rings. The van der Waals surface area contributed by atoms with Gasteiger partial charge in [-0.15, -0.1) is 0 Å². The normalized spacial score (nSPS) is 17.4. The molecule has 3 amide bonds. The van der Waals surface area contributed by atoms with Gasteiger partial charge in [-0.2, -0.15) is 13.2 Å². The summed E-state index contributed by atoms with van der Waals surface area (Å²) >= 11 is 0. The van der Waals surface area contributed by atoms with Gasteiger partial charge in [0.25, 0.3) is 0 Å². The average Bonchev–Trinajstić information content (AvgIpc) is 3.09. The molecule has 0 aromatic heterocycles. The molecule has 13 nitrogen and oxygen atoms in total. The molecule has 0 radical (unpaired) electrons. The van der Waals surface area contributed by atoms with Crippen molar-refractivity contribution in [3.63, 3.8) is 0 Å². The third-order valence-electron chi connectivity index (χ3n) is 8.31. The monoisotopic (exact) mass is 732 g/mol. The molecule has 1 aliphatic rings. The number of likely N-dealkylation sites (N-methyl/N-ethyl adjacent to an activating group) is 1. The number of nitrogens with one attached hydrogen (secondary N) is 1. The Kier molecular flexibility index (Phi) is 14.4. The summed E-state index contributed by atoms with van der Waals surface area (Å²) in [6.07, 6.45) is -3.57. The zero-order valence-electron chi connectivity index (χ0n) is 29.3. The lowest BCUT2D eigenvalue weighted by atomic mass is 9.98. The molecular weight excluding hydrogens is 689 g/mol. The number of benzene rings is 3. The number of piperidine rings is 1. The van der Waals surface area contributed by atoms with E-state index in [-0.39, 0.29) is 18.8 Å². The molecule has 3 aromatic carbocycles. The number of aliphatic carboxylic acids is 1.